The predicted octanol–water partition coefficient (Wildman–Crippen LogP) is 3.36. The van der Waals surface area contributed by atoms with Gasteiger partial charge in [0.1, 0.15) is 0 Å². The van der Waals surface area contributed by atoms with Crippen molar-refractivity contribution in [3.05, 3.63) is 20.8 Å². The zero-order valence-electron chi connectivity index (χ0n) is 11.1. The summed E-state index contributed by atoms with van der Waals surface area (Å²) in [6.45, 7) is 11.6. The quantitative estimate of drug-likeness (QED) is 0.844. The van der Waals surface area contributed by atoms with Crippen LogP contribution in [0.1, 0.15) is 32.6 Å². The zero-order chi connectivity index (χ0) is 13.1. The lowest BCUT2D eigenvalue weighted by molar-refractivity contribution is 0.333. The van der Waals surface area contributed by atoms with Crippen LogP contribution in [0.15, 0.2) is 15.9 Å². The molecule has 1 aromatic heterocycles. The lowest BCUT2D eigenvalue weighted by Gasteiger charge is -2.28. The number of nitrogens with one attached hydrogen (secondary N) is 1. The molecule has 0 aromatic carbocycles. The molecule has 2 nitrogen and oxygen atoms in total. The van der Waals surface area contributed by atoms with Gasteiger partial charge in [-0.1, -0.05) is 27.7 Å². The van der Waals surface area contributed by atoms with E-state index in [0.717, 1.165) is 13.1 Å². The van der Waals surface area contributed by atoms with Gasteiger partial charge in [0.25, 0.3) is 0 Å². The number of thiophene rings is 1. The van der Waals surface area contributed by atoms with E-state index in [9.17, 15) is 0 Å². The van der Waals surface area contributed by atoms with Crippen LogP contribution in [0.4, 0.5) is 0 Å². The van der Waals surface area contributed by atoms with Crippen LogP contribution in [0.25, 0.3) is 0 Å². The van der Waals surface area contributed by atoms with Crippen molar-refractivity contribution in [1.82, 2.24) is 5.32 Å². The van der Waals surface area contributed by atoms with Gasteiger partial charge in [-0.05, 0) is 40.0 Å². The van der Waals surface area contributed by atoms with E-state index in [1.807, 2.05) is 11.3 Å². The molecule has 0 aliphatic rings. The summed E-state index contributed by atoms with van der Waals surface area (Å²) >= 11 is 5.33. The fourth-order valence-electron chi connectivity index (χ4n) is 1.55. The fraction of sp³-hybridized carbons (Fsp3) is 0.692. The number of hydrogen-bond acceptors (Lipinski definition) is 3. The van der Waals surface area contributed by atoms with Gasteiger partial charge in [-0.15, -0.1) is 11.3 Å². The molecule has 0 saturated heterocycles. The van der Waals surface area contributed by atoms with Crippen molar-refractivity contribution in [2.24, 2.45) is 11.1 Å². The molecule has 0 unspecified atom stereocenters. The Bertz CT molecular complexity index is 358. The monoisotopic (exact) mass is 318 g/mol. The number of rotatable bonds is 6. The highest BCUT2D eigenvalue weighted by molar-refractivity contribution is 9.11. The van der Waals surface area contributed by atoms with E-state index in [1.54, 1.807) is 0 Å². The van der Waals surface area contributed by atoms with Crippen molar-refractivity contribution in [2.45, 2.75) is 33.1 Å². The molecule has 0 radical (unpaired) electrons. The molecule has 0 amide bonds. The average Bonchev–Trinajstić information content (AvgIpc) is 2.65. The molecule has 0 bridgehead atoms. The van der Waals surface area contributed by atoms with Crippen LogP contribution in [-0.4, -0.2) is 19.6 Å². The first kappa shape index (κ1) is 15.2. The Morgan fingerprint density at radius 2 is 1.88 bits per heavy atom. The lowest BCUT2D eigenvalue weighted by atomic mass is 9.89. The summed E-state index contributed by atoms with van der Waals surface area (Å²) < 4.78 is 1.20. The van der Waals surface area contributed by atoms with Crippen molar-refractivity contribution >= 4 is 27.3 Å². The Morgan fingerprint density at radius 3 is 2.35 bits per heavy atom. The Labute approximate surface area is 117 Å². The maximum absolute atomic E-state index is 5.73. The molecule has 0 atom stereocenters. The van der Waals surface area contributed by atoms with Crippen molar-refractivity contribution in [2.75, 3.05) is 19.6 Å². The van der Waals surface area contributed by atoms with E-state index in [1.165, 1.54) is 8.66 Å². The summed E-state index contributed by atoms with van der Waals surface area (Å²) in [5, 5.41) is 3.54. The maximum atomic E-state index is 5.73. The molecule has 1 aromatic rings. The van der Waals surface area contributed by atoms with E-state index in [-0.39, 0.29) is 10.8 Å². The van der Waals surface area contributed by atoms with Crippen molar-refractivity contribution in [1.29, 1.82) is 0 Å². The summed E-state index contributed by atoms with van der Waals surface area (Å²) in [5.41, 5.74) is 6.07. The van der Waals surface area contributed by atoms with Crippen molar-refractivity contribution in [3.8, 4) is 0 Å². The molecule has 1 heterocycles. The van der Waals surface area contributed by atoms with Crippen LogP contribution in [0, 0.1) is 5.41 Å². The smallest absolute Gasteiger partial charge is 0.0701 e. The van der Waals surface area contributed by atoms with Gasteiger partial charge < -0.3 is 11.1 Å². The van der Waals surface area contributed by atoms with Gasteiger partial charge >= 0.3 is 0 Å². The summed E-state index contributed by atoms with van der Waals surface area (Å²) in [6, 6.07) is 4.32. The summed E-state index contributed by atoms with van der Waals surface area (Å²) in [7, 11) is 0. The maximum Gasteiger partial charge on any atom is 0.0701 e. The van der Waals surface area contributed by atoms with Crippen LogP contribution >= 0.6 is 27.3 Å². The van der Waals surface area contributed by atoms with Crippen LogP contribution in [0.3, 0.4) is 0 Å². The predicted molar refractivity (Wildman–Crippen MR) is 80.8 cm³/mol. The number of nitrogens with two attached hydrogens (primary N) is 1. The molecule has 0 fully saturated rings. The third-order valence-electron chi connectivity index (χ3n) is 2.96. The minimum absolute atomic E-state index is 0.168. The van der Waals surface area contributed by atoms with Crippen molar-refractivity contribution in [3.63, 3.8) is 0 Å². The Kier molecular flexibility index (Phi) is 5.20. The molecule has 98 valence electrons. The van der Waals surface area contributed by atoms with Gasteiger partial charge in [0.05, 0.1) is 3.79 Å². The normalized spacial score (nSPS) is 13.1. The Morgan fingerprint density at radius 1 is 1.24 bits per heavy atom. The highest BCUT2D eigenvalue weighted by atomic mass is 79.9. The SMILES string of the molecule is CC(C)(CN)CNCC(C)(C)c1ccc(Br)s1. The first-order valence-corrected chi connectivity index (χ1v) is 7.54. The molecular weight excluding hydrogens is 296 g/mol. The standard InChI is InChI=1S/C13H23BrN2S/c1-12(2,7-15)8-16-9-13(3,4)10-5-6-11(14)17-10/h5-6,16H,7-9,15H2,1-4H3. The van der Waals surface area contributed by atoms with Gasteiger partial charge in [0.2, 0.25) is 0 Å². The summed E-state index contributed by atoms with van der Waals surface area (Å²) in [6.07, 6.45) is 0. The minimum Gasteiger partial charge on any atom is -0.330 e. The minimum atomic E-state index is 0.168. The topological polar surface area (TPSA) is 38.0 Å². The molecule has 17 heavy (non-hydrogen) atoms. The Hall–Kier alpha value is 0.1000. The number of halogens is 1. The van der Waals surface area contributed by atoms with Crippen LogP contribution in [0.5, 0.6) is 0 Å². The van der Waals surface area contributed by atoms with Crippen LogP contribution in [0.2, 0.25) is 0 Å². The zero-order valence-corrected chi connectivity index (χ0v) is 13.5. The third kappa shape index (κ3) is 4.70. The first-order valence-electron chi connectivity index (χ1n) is 5.93. The lowest BCUT2D eigenvalue weighted by Crippen LogP contribution is -2.40. The fourth-order valence-corrected chi connectivity index (χ4v) is 3.04. The average molecular weight is 319 g/mol. The van der Waals surface area contributed by atoms with E-state index in [2.05, 4.69) is 61.1 Å². The van der Waals surface area contributed by atoms with E-state index < -0.39 is 0 Å². The molecule has 0 aliphatic heterocycles. The highest BCUT2D eigenvalue weighted by Gasteiger charge is 2.23. The second kappa shape index (κ2) is 5.83. The molecule has 0 aliphatic carbocycles. The van der Waals surface area contributed by atoms with Gasteiger partial charge in [-0.25, -0.2) is 0 Å². The molecule has 4 heteroatoms. The van der Waals surface area contributed by atoms with Gasteiger partial charge in [-0.2, -0.15) is 0 Å². The van der Waals surface area contributed by atoms with Gasteiger partial charge in [0, 0.05) is 23.4 Å². The summed E-state index contributed by atoms with van der Waals surface area (Å²) in [5.74, 6) is 0. The van der Waals surface area contributed by atoms with E-state index in [4.69, 9.17) is 5.73 Å². The second-order valence-electron chi connectivity index (χ2n) is 5.96. The number of hydrogen-bond donors (Lipinski definition) is 2. The molecule has 3 N–H and O–H groups in total. The second-order valence-corrected chi connectivity index (χ2v) is 8.42. The van der Waals surface area contributed by atoms with E-state index >= 15 is 0 Å². The highest BCUT2D eigenvalue weighted by Crippen LogP contribution is 2.32. The van der Waals surface area contributed by atoms with Crippen LogP contribution < -0.4 is 11.1 Å². The summed E-state index contributed by atoms with van der Waals surface area (Å²) in [4.78, 5) is 1.41. The van der Waals surface area contributed by atoms with Crippen molar-refractivity contribution < 1.29 is 0 Å². The van der Waals surface area contributed by atoms with Gasteiger partial charge in [0.15, 0.2) is 0 Å². The molecule has 0 spiro atoms. The molecular formula is C13H23BrN2S. The first-order chi connectivity index (χ1) is 7.77. The molecule has 0 saturated carbocycles. The van der Waals surface area contributed by atoms with E-state index in [0.29, 0.717) is 6.54 Å². The molecule has 1 rings (SSSR count). The Balaban J connectivity index is 2.51. The largest absolute Gasteiger partial charge is 0.330 e. The third-order valence-corrected chi connectivity index (χ3v) is 4.95. The van der Waals surface area contributed by atoms with Crippen LogP contribution in [-0.2, 0) is 5.41 Å². The van der Waals surface area contributed by atoms with Gasteiger partial charge in [-0.3, -0.25) is 0 Å².